The summed E-state index contributed by atoms with van der Waals surface area (Å²) in [7, 11) is 0. The highest BCUT2D eigenvalue weighted by atomic mass is 35.5. The van der Waals surface area contributed by atoms with Gasteiger partial charge >= 0.3 is 6.18 Å². The van der Waals surface area contributed by atoms with Gasteiger partial charge in [-0.1, -0.05) is 29.7 Å². The van der Waals surface area contributed by atoms with Crippen LogP contribution in [0.1, 0.15) is 29.9 Å². The van der Waals surface area contributed by atoms with Crippen LogP contribution in [0.3, 0.4) is 0 Å². The number of benzene rings is 2. The summed E-state index contributed by atoms with van der Waals surface area (Å²) in [6.07, 6.45) is -4.07. The van der Waals surface area contributed by atoms with Crippen LogP contribution in [0.25, 0.3) is 22.1 Å². The zero-order valence-electron chi connectivity index (χ0n) is 20.4. The molecule has 1 fully saturated rings. The maximum absolute atomic E-state index is 14.6. The summed E-state index contributed by atoms with van der Waals surface area (Å²) >= 11 is 5.90. The number of halogens is 5. The van der Waals surface area contributed by atoms with E-state index in [9.17, 15) is 27.5 Å². The molecule has 0 amide bonds. The minimum atomic E-state index is -4.68. The standard InChI is InChI=1S/C29H21ClF4N2O3/c30-21-5-3-19(4-6-21)20-14-24(31)25(35-16-20)7-1-18-2-8-27-23(13-18)26(37)15-22(39-27)17-36-11-9-28(38,10-12-36)29(32,33)34/h2-6,8,13-16,38H,9-12,17H2. The molecule has 0 radical (unpaired) electrons. The number of hydrogen-bond donors (Lipinski definition) is 1. The van der Waals surface area contributed by atoms with Crippen molar-refractivity contribution in [3.8, 4) is 23.0 Å². The predicted octanol–water partition coefficient (Wildman–Crippen LogP) is 5.94. The molecule has 200 valence electrons. The molecule has 0 spiro atoms. The molecule has 10 heteroatoms. The minimum Gasteiger partial charge on any atom is -0.459 e. The first-order chi connectivity index (χ1) is 18.5. The molecule has 0 saturated carbocycles. The number of aliphatic hydroxyl groups is 1. The van der Waals surface area contributed by atoms with Gasteiger partial charge in [0, 0.05) is 41.5 Å². The van der Waals surface area contributed by atoms with E-state index in [2.05, 4.69) is 16.8 Å². The quantitative estimate of drug-likeness (QED) is 0.250. The fraction of sp³-hybridized carbons (Fsp3) is 0.241. The van der Waals surface area contributed by atoms with Gasteiger partial charge in [-0.25, -0.2) is 9.37 Å². The first-order valence-electron chi connectivity index (χ1n) is 12.0. The molecule has 2 aromatic heterocycles. The number of likely N-dealkylation sites (tertiary alicyclic amines) is 1. The Morgan fingerprint density at radius 2 is 1.74 bits per heavy atom. The van der Waals surface area contributed by atoms with E-state index in [-0.39, 0.29) is 36.1 Å². The van der Waals surface area contributed by atoms with Gasteiger partial charge in [-0.3, -0.25) is 9.69 Å². The molecule has 0 atom stereocenters. The molecule has 0 unspecified atom stereocenters. The third kappa shape index (κ3) is 5.83. The van der Waals surface area contributed by atoms with E-state index < -0.39 is 30.4 Å². The van der Waals surface area contributed by atoms with Gasteiger partial charge in [0.1, 0.15) is 17.0 Å². The van der Waals surface area contributed by atoms with Crippen molar-refractivity contribution in [1.82, 2.24) is 9.88 Å². The largest absolute Gasteiger partial charge is 0.459 e. The zero-order valence-corrected chi connectivity index (χ0v) is 21.1. The SMILES string of the molecule is O=c1cc(CN2CCC(O)(C(F)(F)F)CC2)oc2ccc(C#Cc3ncc(-c4ccc(Cl)cc4)cc3F)cc12. The monoisotopic (exact) mass is 556 g/mol. The highest BCUT2D eigenvalue weighted by Crippen LogP contribution is 2.38. The van der Waals surface area contributed by atoms with Crippen molar-refractivity contribution in [3.05, 3.63) is 98.9 Å². The lowest BCUT2D eigenvalue weighted by Crippen LogP contribution is -2.53. The smallest absolute Gasteiger partial charge is 0.417 e. The average molecular weight is 557 g/mol. The normalized spacial score (nSPS) is 15.6. The molecule has 2 aromatic carbocycles. The lowest BCUT2D eigenvalue weighted by atomic mass is 9.91. The van der Waals surface area contributed by atoms with Crippen molar-refractivity contribution in [2.45, 2.75) is 31.2 Å². The van der Waals surface area contributed by atoms with Gasteiger partial charge in [0.05, 0.1) is 11.9 Å². The molecule has 5 nitrogen and oxygen atoms in total. The number of hydrogen-bond acceptors (Lipinski definition) is 5. The summed E-state index contributed by atoms with van der Waals surface area (Å²) in [6, 6.07) is 14.3. The first-order valence-corrected chi connectivity index (χ1v) is 12.4. The summed E-state index contributed by atoms with van der Waals surface area (Å²) in [4.78, 5) is 18.6. The maximum atomic E-state index is 14.6. The molecular formula is C29H21ClF4N2O3. The van der Waals surface area contributed by atoms with E-state index >= 15 is 0 Å². The Balaban J connectivity index is 1.31. The van der Waals surface area contributed by atoms with Crippen LogP contribution < -0.4 is 5.43 Å². The van der Waals surface area contributed by atoms with Crippen LogP contribution in [0, 0.1) is 17.7 Å². The van der Waals surface area contributed by atoms with Crippen LogP contribution in [0.2, 0.25) is 5.02 Å². The van der Waals surface area contributed by atoms with Crippen LogP contribution >= 0.6 is 11.6 Å². The van der Waals surface area contributed by atoms with Crippen LogP contribution in [0.5, 0.6) is 0 Å². The lowest BCUT2D eigenvalue weighted by molar-refractivity contribution is -0.273. The summed E-state index contributed by atoms with van der Waals surface area (Å²) < 4.78 is 59.6. The molecule has 1 aliphatic rings. The highest BCUT2D eigenvalue weighted by Gasteiger charge is 2.54. The number of alkyl halides is 3. The summed E-state index contributed by atoms with van der Waals surface area (Å²) in [5.74, 6) is 5.21. The third-order valence-corrected chi connectivity index (χ3v) is 6.96. The van der Waals surface area contributed by atoms with Crippen molar-refractivity contribution in [3.63, 3.8) is 0 Å². The summed E-state index contributed by atoms with van der Waals surface area (Å²) in [5.41, 5.74) is -0.994. The molecule has 4 aromatic rings. The fourth-order valence-electron chi connectivity index (χ4n) is 4.41. The average Bonchev–Trinajstić information content (AvgIpc) is 2.89. The van der Waals surface area contributed by atoms with E-state index in [4.69, 9.17) is 16.0 Å². The van der Waals surface area contributed by atoms with Crippen LogP contribution in [0.15, 0.2) is 70.0 Å². The highest BCUT2D eigenvalue weighted by molar-refractivity contribution is 6.30. The second-order valence-electron chi connectivity index (χ2n) is 9.40. The molecule has 1 aliphatic heterocycles. The first kappa shape index (κ1) is 26.9. The van der Waals surface area contributed by atoms with E-state index in [1.807, 2.05) is 0 Å². The topological polar surface area (TPSA) is 66.6 Å². The van der Waals surface area contributed by atoms with E-state index in [0.29, 0.717) is 27.5 Å². The van der Waals surface area contributed by atoms with Gasteiger partial charge < -0.3 is 9.52 Å². The van der Waals surface area contributed by atoms with E-state index in [1.54, 1.807) is 41.3 Å². The van der Waals surface area contributed by atoms with E-state index in [1.165, 1.54) is 24.4 Å². The second-order valence-corrected chi connectivity index (χ2v) is 9.84. The van der Waals surface area contributed by atoms with Crippen molar-refractivity contribution < 1.29 is 27.1 Å². The molecule has 0 aliphatic carbocycles. The Kier molecular flexibility index (Phi) is 7.21. The summed E-state index contributed by atoms with van der Waals surface area (Å²) in [5, 5.41) is 10.7. The Labute approximate surface area is 225 Å². The van der Waals surface area contributed by atoms with Crippen LogP contribution in [-0.2, 0) is 6.54 Å². The number of pyridine rings is 1. The number of aromatic nitrogens is 1. The van der Waals surface area contributed by atoms with Crippen molar-refractivity contribution in [2.24, 2.45) is 0 Å². The van der Waals surface area contributed by atoms with Crippen molar-refractivity contribution in [1.29, 1.82) is 0 Å². The number of piperidine rings is 1. The molecule has 0 bridgehead atoms. The van der Waals surface area contributed by atoms with Gasteiger partial charge in [0.25, 0.3) is 0 Å². The molecule has 5 rings (SSSR count). The van der Waals surface area contributed by atoms with Gasteiger partial charge in [0.2, 0.25) is 0 Å². The molecular weight excluding hydrogens is 536 g/mol. The Morgan fingerprint density at radius 1 is 1.03 bits per heavy atom. The predicted molar refractivity (Wildman–Crippen MR) is 139 cm³/mol. The molecule has 1 N–H and O–H groups in total. The number of fused-ring (bicyclic) bond motifs is 1. The summed E-state index contributed by atoms with van der Waals surface area (Å²) in [6.45, 7) is 0.159. The zero-order chi connectivity index (χ0) is 27.8. The molecule has 1 saturated heterocycles. The van der Waals surface area contributed by atoms with Crippen molar-refractivity contribution >= 4 is 22.6 Å². The minimum absolute atomic E-state index is 0.0115. The third-order valence-electron chi connectivity index (χ3n) is 6.71. The lowest BCUT2D eigenvalue weighted by Gasteiger charge is -2.38. The molecule has 3 heterocycles. The second kappa shape index (κ2) is 10.5. The molecule has 39 heavy (non-hydrogen) atoms. The Morgan fingerprint density at radius 3 is 2.41 bits per heavy atom. The van der Waals surface area contributed by atoms with Gasteiger partial charge in [0.15, 0.2) is 16.8 Å². The maximum Gasteiger partial charge on any atom is 0.417 e. The van der Waals surface area contributed by atoms with Gasteiger partial charge in [-0.2, -0.15) is 13.2 Å². The van der Waals surface area contributed by atoms with Crippen LogP contribution in [-0.4, -0.2) is 39.9 Å². The fourth-order valence-corrected chi connectivity index (χ4v) is 4.53. The van der Waals surface area contributed by atoms with Crippen molar-refractivity contribution in [2.75, 3.05) is 13.1 Å². The van der Waals surface area contributed by atoms with Gasteiger partial charge in [-0.15, -0.1) is 0 Å². The Bertz CT molecular complexity index is 1650. The number of nitrogens with zero attached hydrogens (tertiary/aromatic N) is 2. The van der Waals surface area contributed by atoms with E-state index in [0.717, 1.165) is 5.56 Å². The Hall–Kier alpha value is -3.71. The van der Waals surface area contributed by atoms with Gasteiger partial charge in [-0.05, 0) is 60.7 Å². The van der Waals surface area contributed by atoms with Crippen LogP contribution in [0.4, 0.5) is 17.6 Å². The number of rotatable bonds is 3.